The predicted molar refractivity (Wildman–Crippen MR) is 160 cm³/mol. The summed E-state index contributed by atoms with van der Waals surface area (Å²) in [5.74, 6) is -2.56. The van der Waals surface area contributed by atoms with Crippen LogP contribution < -0.4 is 5.32 Å². The van der Waals surface area contributed by atoms with E-state index in [0.29, 0.717) is 19.4 Å². The Hall–Kier alpha value is -0.890. The Morgan fingerprint density at radius 1 is 1.10 bits per heavy atom. The number of carbonyl (C=O) groups excluding carboxylic acids is 1. The molecule has 2 aliphatic rings. The molecule has 2 aliphatic heterocycles. The van der Waals surface area contributed by atoms with Gasteiger partial charge in [-0.25, -0.2) is 0 Å². The number of nitrogens with zero attached hydrogens (tertiary/aromatic N) is 1. The van der Waals surface area contributed by atoms with Gasteiger partial charge in [0, 0.05) is 31.7 Å². The minimum absolute atomic E-state index is 0.0692. The first-order chi connectivity index (χ1) is 19.3. The van der Waals surface area contributed by atoms with E-state index in [1.165, 1.54) is 14.0 Å². The van der Waals surface area contributed by atoms with E-state index >= 15 is 0 Å². The number of carbonyl (C=O) groups is 1. The van der Waals surface area contributed by atoms with Gasteiger partial charge >= 0.3 is 5.97 Å². The SMILES string of the molecule is CC[C@H]1OC(=O)[C@H](C)[C@@](C)(O)[C@H](C)[C@@H](O[C@@H]2O[C@H](C)C[C@@H](NC)[C@H]2O)[C@](C)(O)C[C@@H](C)CN(C)[C@H](C)[C@@H](O)[C@]1(C)OC. The molecule has 248 valence electrons. The number of hydrogen-bond acceptors (Lipinski definition) is 11. The molecule has 5 N–H and O–H groups in total. The fraction of sp³-hybridized carbons (Fsp3) is 0.968. The number of likely N-dealkylation sites (N-methyl/N-ethyl adjacent to an activating group) is 2. The van der Waals surface area contributed by atoms with Gasteiger partial charge in [0.05, 0.1) is 29.3 Å². The molecule has 0 bridgehead atoms. The molecule has 0 spiro atoms. The number of ether oxygens (including phenoxy) is 4. The molecule has 0 amide bonds. The average Bonchev–Trinajstić information content (AvgIpc) is 2.92. The van der Waals surface area contributed by atoms with Crippen molar-refractivity contribution in [1.82, 2.24) is 10.2 Å². The second kappa shape index (κ2) is 14.5. The number of aliphatic hydroxyl groups excluding tert-OH is 2. The van der Waals surface area contributed by atoms with Crippen LogP contribution in [0.2, 0.25) is 0 Å². The van der Waals surface area contributed by atoms with Crippen molar-refractivity contribution in [3.8, 4) is 0 Å². The van der Waals surface area contributed by atoms with Crippen molar-refractivity contribution in [1.29, 1.82) is 0 Å². The Kier molecular flexibility index (Phi) is 12.9. The van der Waals surface area contributed by atoms with E-state index in [1.54, 1.807) is 34.7 Å². The lowest BCUT2D eigenvalue weighted by Gasteiger charge is -2.48. The molecule has 2 rings (SSSR count). The maximum atomic E-state index is 13.6. The van der Waals surface area contributed by atoms with Gasteiger partial charge in [-0.1, -0.05) is 20.8 Å². The molecule has 0 radical (unpaired) electrons. The summed E-state index contributed by atoms with van der Waals surface area (Å²) in [5.41, 5.74) is -4.42. The summed E-state index contributed by atoms with van der Waals surface area (Å²) < 4.78 is 24.2. The number of rotatable bonds is 5. The molecule has 11 heteroatoms. The maximum absolute atomic E-state index is 13.6. The first-order valence-corrected chi connectivity index (χ1v) is 15.5. The van der Waals surface area contributed by atoms with Crippen molar-refractivity contribution in [3.05, 3.63) is 0 Å². The van der Waals surface area contributed by atoms with Crippen LogP contribution in [0.3, 0.4) is 0 Å². The van der Waals surface area contributed by atoms with Gasteiger partial charge in [-0.3, -0.25) is 4.79 Å². The fourth-order valence-electron chi connectivity index (χ4n) is 6.89. The number of nitrogens with one attached hydrogen (secondary N) is 1. The largest absolute Gasteiger partial charge is 0.459 e. The first kappa shape index (κ1) is 37.3. The minimum atomic E-state index is -1.70. The summed E-state index contributed by atoms with van der Waals surface area (Å²) in [6.45, 7) is 16.4. The summed E-state index contributed by atoms with van der Waals surface area (Å²) in [7, 11) is 5.15. The van der Waals surface area contributed by atoms with Crippen LogP contribution in [0.25, 0.3) is 0 Å². The van der Waals surface area contributed by atoms with Gasteiger partial charge in [-0.15, -0.1) is 0 Å². The number of hydrogen-bond donors (Lipinski definition) is 5. The highest BCUT2D eigenvalue weighted by atomic mass is 16.7. The van der Waals surface area contributed by atoms with E-state index < -0.39 is 65.3 Å². The van der Waals surface area contributed by atoms with Crippen molar-refractivity contribution in [2.75, 3.05) is 27.7 Å². The number of aliphatic hydroxyl groups is 4. The molecule has 0 saturated carbocycles. The third-order valence-corrected chi connectivity index (χ3v) is 10.3. The van der Waals surface area contributed by atoms with Crippen molar-refractivity contribution < 1.29 is 44.2 Å². The summed E-state index contributed by atoms with van der Waals surface area (Å²) in [6, 6.07) is -0.658. The van der Waals surface area contributed by atoms with E-state index in [1.807, 2.05) is 39.6 Å². The van der Waals surface area contributed by atoms with Gasteiger partial charge in [-0.2, -0.15) is 0 Å². The fourth-order valence-corrected chi connectivity index (χ4v) is 6.89. The van der Waals surface area contributed by atoms with Gasteiger partial charge in [0.25, 0.3) is 0 Å². The van der Waals surface area contributed by atoms with Crippen molar-refractivity contribution in [2.24, 2.45) is 17.8 Å². The third-order valence-electron chi connectivity index (χ3n) is 10.3. The molecule has 0 aromatic carbocycles. The maximum Gasteiger partial charge on any atom is 0.311 e. The molecule has 0 aromatic rings. The lowest BCUT2D eigenvalue weighted by molar-refractivity contribution is -0.299. The molecule has 0 aromatic heterocycles. The zero-order valence-electron chi connectivity index (χ0n) is 28.0. The Morgan fingerprint density at radius 3 is 2.21 bits per heavy atom. The zero-order chi connectivity index (χ0) is 32.4. The monoisotopic (exact) mass is 604 g/mol. The van der Waals surface area contributed by atoms with Crippen LogP contribution in [-0.4, -0.2) is 125 Å². The molecule has 2 fully saturated rings. The Labute approximate surface area is 253 Å². The van der Waals surface area contributed by atoms with E-state index in [9.17, 15) is 25.2 Å². The van der Waals surface area contributed by atoms with Crippen LogP contribution in [0.1, 0.15) is 81.6 Å². The lowest BCUT2D eigenvalue weighted by atomic mass is 9.71. The summed E-state index contributed by atoms with van der Waals surface area (Å²) in [4.78, 5) is 15.6. The standard InChI is InChI=1S/C31H60N2O9/c1-13-23-31(9,39-12)25(35)21(6)33(11)16-17(2)15-29(7,37)26(19(4)30(8,38)20(5)27(36)41-23)42-28-24(34)22(32-10)14-18(3)40-28/h17-26,28,32,34-35,37-38H,13-16H2,1-12H3/t17-,18-,19-,20+,21-,22-,23-,24-,25-,26-,28+,29-,30+,31-/m1/s1. The third kappa shape index (κ3) is 7.84. The Morgan fingerprint density at radius 2 is 1.69 bits per heavy atom. The van der Waals surface area contributed by atoms with E-state index in [-0.39, 0.29) is 30.5 Å². The minimum Gasteiger partial charge on any atom is -0.459 e. The molecule has 2 saturated heterocycles. The average molecular weight is 605 g/mol. The van der Waals surface area contributed by atoms with Gasteiger partial charge < -0.3 is 49.6 Å². The second-order valence-corrected chi connectivity index (χ2v) is 13.7. The van der Waals surface area contributed by atoms with Crippen molar-refractivity contribution >= 4 is 5.97 Å². The molecule has 0 unspecified atom stereocenters. The Bertz CT molecular complexity index is 873. The second-order valence-electron chi connectivity index (χ2n) is 13.7. The summed E-state index contributed by atoms with van der Waals surface area (Å²) >= 11 is 0. The van der Waals surface area contributed by atoms with E-state index in [0.717, 1.165) is 0 Å². The molecule has 14 atom stereocenters. The molecule has 0 aliphatic carbocycles. The molecular weight excluding hydrogens is 544 g/mol. The van der Waals surface area contributed by atoms with Crippen LogP contribution >= 0.6 is 0 Å². The highest BCUT2D eigenvalue weighted by Crippen LogP contribution is 2.40. The smallest absolute Gasteiger partial charge is 0.311 e. The van der Waals surface area contributed by atoms with E-state index in [4.69, 9.17) is 18.9 Å². The molecule has 11 nitrogen and oxygen atoms in total. The van der Waals surface area contributed by atoms with Crippen LogP contribution in [0.4, 0.5) is 0 Å². The van der Waals surface area contributed by atoms with Crippen LogP contribution in [-0.2, 0) is 23.7 Å². The quantitative estimate of drug-likeness (QED) is 0.292. The normalized spacial score (nSPS) is 49.1. The van der Waals surface area contributed by atoms with E-state index in [2.05, 4.69) is 5.32 Å². The predicted octanol–water partition coefficient (Wildman–Crippen LogP) is 1.68. The van der Waals surface area contributed by atoms with Gasteiger partial charge in [0.2, 0.25) is 0 Å². The lowest BCUT2D eigenvalue weighted by Crippen LogP contribution is -2.61. The van der Waals surface area contributed by atoms with Crippen LogP contribution in [0.15, 0.2) is 0 Å². The highest BCUT2D eigenvalue weighted by Gasteiger charge is 2.53. The molecule has 42 heavy (non-hydrogen) atoms. The van der Waals surface area contributed by atoms with Crippen molar-refractivity contribution in [3.63, 3.8) is 0 Å². The van der Waals surface area contributed by atoms with Crippen molar-refractivity contribution in [2.45, 2.75) is 147 Å². The van der Waals surface area contributed by atoms with Gasteiger partial charge in [-0.05, 0) is 80.8 Å². The van der Waals surface area contributed by atoms with Crippen LogP contribution in [0, 0.1) is 17.8 Å². The van der Waals surface area contributed by atoms with Crippen LogP contribution in [0.5, 0.6) is 0 Å². The highest BCUT2D eigenvalue weighted by molar-refractivity contribution is 5.73. The number of methoxy groups -OCH3 is 1. The topological polar surface area (TPSA) is 150 Å². The number of esters is 1. The summed E-state index contributed by atoms with van der Waals surface area (Å²) in [5, 5.41) is 49.7. The molecule has 2 heterocycles. The molecular formula is C31H60N2O9. The summed E-state index contributed by atoms with van der Waals surface area (Å²) in [6.07, 6.45) is -3.89. The number of cyclic esters (lactones) is 1. The zero-order valence-corrected chi connectivity index (χ0v) is 28.0. The van der Waals surface area contributed by atoms with Gasteiger partial charge in [0.1, 0.15) is 23.9 Å². The first-order valence-electron chi connectivity index (χ1n) is 15.5. The van der Waals surface area contributed by atoms with Gasteiger partial charge in [0.15, 0.2) is 6.29 Å². The Balaban J connectivity index is 2.61.